The van der Waals surface area contributed by atoms with Crippen LogP contribution in [0.3, 0.4) is 0 Å². The first-order valence-corrected chi connectivity index (χ1v) is 11.6. The molecule has 1 N–H and O–H groups in total. The van der Waals surface area contributed by atoms with Crippen molar-refractivity contribution in [3.8, 4) is 11.5 Å². The molecule has 0 atom stereocenters. The number of para-hydroxylation sites is 1. The summed E-state index contributed by atoms with van der Waals surface area (Å²) in [6.45, 7) is 3.34. The number of aryl methyl sites for hydroxylation is 1. The molecule has 0 fully saturated rings. The molecule has 1 aromatic heterocycles. The number of hydrogen-bond donors (Lipinski definition) is 1. The van der Waals surface area contributed by atoms with E-state index in [1.807, 2.05) is 31.2 Å². The molecule has 8 heteroatoms. The number of aromatic nitrogens is 1. The molecule has 0 radical (unpaired) electrons. The van der Waals surface area contributed by atoms with Crippen molar-refractivity contribution in [3.05, 3.63) is 101 Å². The van der Waals surface area contributed by atoms with Gasteiger partial charge in [0, 0.05) is 24.1 Å². The van der Waals surface area contributed by atoms with Gasteiger partial charge in [-0.3, -0.25) is 14.5 Å². The Balaban J connectivity index is 1.39. The number of nitrogens with zero attached hydrogens (tertiary/aromatic N) is 2. The summed E-state index contributed by atoms with van der Waals surface area (Å²) in [4.78, 5) is 30.1. The van der Waals surface area contributed by atoms with Crippen LogP contribution in [0, 0.1) is 12.7 Å². The van der Waals surface area contributed by atoms with Crippen molar-refractivity contribution in [1.29, 1.82) is 0 Å². The van der Waals surface area contributed by atoms with E-state index in [2.05, 4.69) is 10.3 Å². The van der Waals surface area contributed by atoms with Crippen LogP contribution < -0.4 is 15.0 Å². The maximum Gasteiger partial charge on any atom is 0.248 e. The van der Waals surface area contributed by atoms with Gasteiger partial charge in [0.15, 0.2) is 5.13 Å². The molecular formula is C27H22FN3O3S. The van der Waals surface area contributed by atoms with Gasteiger partial charge in [0.1, 0.15) is 17.3 Å². The molecular weight excluding hydrogens is 465 g/mol. The number of thiazole rings is 1. The Morgan fingerprint density at radius 2 is 1.80 bits per heavy atom. The van der Waals surface area contributed by atoms with Crippen molar-refractivity contribution in [2.75, 3.05) is 10.2 Å². The number of hydrogen-bond acceptors (Lipinski definition) is 5. The van der Waals surface area contributed by atoms with Gasteiger partial charge in [-0.15, -0.1) is 11.3 Å². The zero-order valence-corrected chi connectivity index (χ0v) is 19.9. The molecule has 35 heavy (non-hydrogen) atoms. The number of anilines is 3. The molecule has 0 aliphatic rings. The van der Waals surface area contributed by atoms with E-state index in [-0.39, 0.29) is 17.5 Å². The van der Waals surface area contributed by atoms with E-state index in [4.69, 9.17) is 4.74 Å². The van der Waals surface area contributed by atoms with Gasteiger partial charge >= 0.3 is 0 Å². The predicted molar refractivity (Wildman–Crippen MR) is 137 cm³/mol. The van der Waals surface area contributed by atoms with Gasteiger partial charge in [0.05, 0.1) is 11.4 Å². The van der Waals surface area contributed by atoms with Crippen LogP contribution in [0.1, 0.15) is 18.2 Å². The summed E-state index contributed by atoms with van der Waals surface area (Å²) in [5.41, 5.74) is 2.31. The molecule has 0 aliphatic heterocycles. The molecule has 3 aromatic carbocycles. The fourth-order valence-electron chi connectivity index (χ4n) is 3.26. The lowest BCUT2D eigenvalue weighted by Crippen LogP contribution is -2.23. The molecule has 2 amide bonds. The highest BCUT2D eigenvalue weighted by Gasteiger charge is 2.20. The van der Waals surface area contributed by atoms with Gasteiger partial charge in [0.25, 0.3) is 0 Å². The summed E-state index contributed by atoms with van der Waals surface area (Å²) in [7, 11) is 0. The molecule has 176 valence electrons. The fourth-order valence-corrected chi connectivity index (χ4v) is 4.11. The maximum atomic E-state index is 14.2. The Kier molecular flexibility index (Phi) is 7.32. The average Bonchev–Trinajstić information content (AvgIpc) is 3.29. The number of carbonyl (C=O) groups excluding carboxylic acids is 2. The second-order valence-electron chi connectivity index (χ2n) is 7.63. The van der Waals surface area contributed by atoms with Crippen molar-refractivity contribution in [2.45, 2.75) is 13.8 Å². The van der Waals surface area contributed by atoms with Crippen molar-refractivity contribution >= 4 is 45.7 Å². The van der Waals surface area contributed by atoms with Crippen LogP contribution in [0.15, 0.2) is 84.3 Å². The minimum Gasteiger partial charge on any atom is -0.457 e. The molecule has 1 heterocycles. The number of amides is 2. The van der Waals surface area contributed by atoms with Crippen molar-refractivity contribution < 1.29 is 18.7 Å². The van der Waals surface area contributed by atoms with Crippen LogP contribution in [0.4, 0.5) is 20.9 Å². The number of ether oxygens (including phenoxy) is 1. The van der Waals surface area contributed by atoms with Crippen LogP contribution >= 0.6 is 11.3 Å². The first-order chi connectivity index (χ1) is 16.9. The smallest absolute Gasteiger partial charge is 0.248 e. The molecule has 4 rings (SSSR count). The largest absolute Gasteiger partial charge is 0.457 e. The van der Waals surface area contributed by atoms with E-state index >= 15 is 0 Å². The van der Waals surface area contributed by atoms with Crippen molar-refractivity contribution in [1.82, 2.24) is 4.98 Å². The zero-order chi connectivity index (χ0) is 24.8. The van der Waals surface area contributed by atoms with E-state index in [1.54, 1.807) is 41.8 Å². The molecule has 0 saturated carbocycles. The summed E-state index contributed by atoms with van der Waals surface area (Å²) in [5.74, 6) is 0.163. The highest BCUT2D eigenvalue weighted by Crippen LogP contribution is 2.31. The SMILES string of the molecule is CC(=O)N(c1nc(/C=C/C(=O)Nc2ccc(Oc3cccc(C)c3)cc2)cs1)c1ccccc1F. The third-order valence-electron chi connectivity index (χ3n) is 4.86. The lowest BCUT2D eigenvalue weighted by Gasteiger charge is -2.18. The van der Waals surface area contributed by atoms with Gasteiger partial charge in [-0.25, -0.2) is 9.37 Å². The summed E-state index contributed by atoms with van der Waals surface area (Å²) < 4.78 is 20.0. The summed E-state index contributed by atoms with van der Waals surface area (Å²) >= 11 is 1.18. The first kappa shape index (κ1) is 23.8. The Morgan fingerprint density at radius 3 is 2.51 bits per heavy atom. The summed E-state index contributed by atoms with van der Waals surface area (Å²) in [6.07, 6.45) is 2.88. The second-order valence-corrected chi connectivity index (χ2v) is 8.46. The van der Waals surface area contributed by atoms with Crippen LogP contribution in [-0.2, 0) is 9.59 Å². The van der Waals surface area contributed by atoms with Crippen LogP contribution in [-0.4, -0.2) is 16.8 Å². The zero-order valence-electron chi connectivity index (χ0n) is 19.1. The van der Waals surface area contributed by atoms with Gasteiger partial charge in [-0.05, 0) is 67.1 Å². The number of nitrogens with one attached hydrogen (secondary N) is 1. The first-order valence-electron chi connectivity index (χ1n) is 10.7. The second kappa shape index (κ2) is 10.8. The molecule has 6 nitrogen and oxygen atoms in total. The van der Waals surface area contributed by atoms with Crippen LogP contribution in [0.2, 0.25) is 0 Å². The maximum absolute atomic E-state index is 14.2. The summed E-state index contributed by atoms with van der Waals surface area (Å²) in [5, 5.41) is 4.77. The normalized spacial score (nSPS) is 10.8. The Morgan fingerprint density at radius 1 is 1.03 bits per heavy atom. The predicted octanol–water partition coefficient (Wildman–Crippen LogP) is 6.72. The minimum absolute atomic E-state index is 0.123. The molecule has 0 unspecified atom stereocenters. The average molecular weight is 488 g/mol. The Bertz CT molecular complexity index is 1380. The van der Waals surface area contributed by atoms with E-state index < -0.39 is 5.82 Å². The topological polar surface area (TPSA) is 71.5 Å². The van der Waals surface area contributed by atoms with Crippen LogP contribution in [0.25, 0.3) is 6.08 Å². The molecule has 0 bridgehead atoms. The van der Waals surface area contributed by atoms with E-state index in [1.165, 1.54) is 47.4 Å². The van der Waals surface area contributed by atoms with E-state index in [0.717, 1.165) is 11.3 Å². The number of benzene rings is 3. The third-order valence-corrected chi connectivity index (χ3v) is 5.71. The van der Waals surface area contributed by atoms with Gasteiger partial charge < -0.3 is 10.1 Å². The fraction of sp³-hybridized carbons (Fsp3) is 0.0741. The highest BCUT2D eigenvalue weighted by atomic mass is 32.1. The quantitative estimate of drug-likeness (QED) is 0.294. The Labute approximate surface area is 206 Å². The van der Waals surface area contributed by atoms with Crippen LogP contribution in [0.5, 0.6) is 11.5 Å². The number of rotatable bonds is 7. The highest BCUT2D eigenvalue weighted by molar-refractivity contribution is 7.14. The third kappa shape index (κ3) is 6.18. The number of carbonyl (C=O) groups is 2. The monoisotopic (exact) mass is 487 g/mol. The minimum atomic E-state index is -0.523. The van der Waals surface area contributed by atoms with E-state index in [0.29, 0.717) is 22.3 Å². The van der Waals surface area contributed by atoms with Crippen molar-refractivity contribution in [3.63, 3.8) is 0 Å². The van der Waals surface area contributed by atoms with Gasteiger partial charge in [-0.1, -0.05) is 24.3 Å². The van der Waals surface area contributed by atoms with Gasteiger partial charge in [0.2, 0.25) is 11.8 Å². The lowest BCUT2D eigenvalue weighted by atomic mass is 10.2. The van der Waals surface area contributed by atoms with Gasteiger partial charge in [-0.2, -0.15) is 0 Å². The summed E-state index contributed by atoms with van der Waals surface area (Å²) in [6, 6.07) is 20.8. The Hall–Kier alpha value is -4.30. The molecule has 0 aliphatic carbocycles. The van der Waals surface area contributed by atoms with Crippen molar-refractivity contribution in [2.24, 2.45) is 0 Å². The number of halogens is 1. The standard InChI is InChI=1S/C27H22FN3O3S/c1-18-6-5-7-23(16-18)34-22-13-10-20(11-14-22)29-26(33)15-12-21-17-35-27(30-21)31(19(2)32)25-9-4-3-8-24(25)28/h3-17H,1-2H3,(H,29,33)/b15-12+. The van der Waals surface area contributed by atoms with E-state index in [9.17, 15) is 14.0 Å². The molecule has 4 aromatic rings. The molecule has 0 spiro atoms. The lowest BCUT2D eigenvalue weighted by molar-refractivity contribution is -0.116. The molecule has 0 saturated heterocycles.